The lowest BCUT2D eigenvalue weighted by molar-refractivity contribution is 0.0756. The molecule has 1 atom stereocenters. The summed E-state index contributed by atoms with van der Waals surface area (Å²) in [6.45, 7) is 5.23. The van der Waals surface area contributed by atoms with Crippen molar-refractivity contribution in [2.75, 3.05) is 54.1 Å². The Kier molecular flexibility index (Phi) is 7.37. The first-order valence-electron chi connectivity index (χ1n) is 11.2. The number of aromatic nitrogens is 4. The number of rotatable bonds is 9. The summed E-state index contributed by atoms with van der Waals surface area (Å²) in [6, 6.07) is 6.63. The van der Waals surface area contributed by atoms with Crippen LogP contribution in [-0.2, 0) is 11.3 Å². The van der Waals surface area contributed by atoms with Crippen LogP contribution < -0.4 is 9.47 Å². The maximum atomic E-state index is 5.76. The van der Waals surface area contributed by atoms with Gasteiger partial charge in [0, 0.05) is 51.0 Å². The van der Waals surface area contributed by atoms with E-state index < -0.39 is 0 Å². The third-order valence-corrected chi connectivity index (χ3v) is 6.60. The predicted octanol–water partition coefficient (Wildman–Crippen LogP) is 1.99. The van der Waals surface area contributed by atoms with E-state index in [0.29, 0.717) is 13.2 Å². The van der Waals surface area contributed by atoms with E-state index in [0.717, 1.165) is 55.1 Å². The van der Waals surface area contributed by atoms with Crippen LogP contribution in [0.5, 0.6) is 11.5 Å². The van der Waals surface area contributed by atoms with Crippen LogP contribution in [0.25, 0.3) is 0 Å². The highest BCUT2D eigenvalue weighted by Gasteiger charge is 2.34. The molecular weight excluding hydrogens is 396 g/mol. The van der Waals surface area contributed by atoms with E-state index in [9.17, 15) is 0 Å². The average Bonchev–Trinajstić information content (AvgIpc) is 3.51. The molecule has 1 saturated heterocycles. The molecule has 1 aromatic heterocycles. The minimum Gasteiger partial charge on any atom is -0.497 e. The molecule has 2 aromatic rings. The van der Waals surface area contributed by atoms with Crippen LogP contribution >= 0.6 is 0 Å². The molecule has 0 spiro atoms. The van der Waals surface area contributed by atoms with Crippen LogP contribution in [0.1, 0.15) is 43.1 Å². The van der Waals surface area contributed by atoms with Gasteiger partial charge in [0.25, 0.3) is 0 Å². The third-order valence-electron chi connectivity index (χ3n) is 6.60. The zero-order chi connectivity index (χ0) is 21.6. The van der Waals surface area contributed by atoms with Crippen LogP contribution in [0.15, 0.2) is 18.2 Å². The minimum absolute atomic E-state index is 0.0987. The molecule has 31 heavy (non-hydrogen) atoms. The molecule has 170 valence electrons. The standard InChI is InChI=1S/C22H34N6O3/c1-29-15-14-28-22(23-24-25-28)21(19-9-8-18(30-2)16-20(19)31-3)27-12-10-26(11-13-27)17-6-4-5-7-17/h8-9,16-17,21H,4-7,10-15H2,1-3H3/t21-/m0/s1. The summed E-state index contributed by atoms with van der Waals surface area (Å²) in [5, 5.41) is 12.7. The van der Waals surface area contributed by atoms with Gasteiger partial charge in [0.2, 0.25) is 0 Å². The third kappa shape index (κ3) is 4.83. The predicted molar refractivity (Wildman–Crippen MR) is 116 cm³/mol. The average molecular weight is 431 g/mol. The number of tetrazole rings is 1. The van der Waals surface area contributed by atoms with Gasteiger partial charge in [-0.1, -0.05) is 12.8 Å². The first-order valence-corrected chi connectivity index (χ1v) is 11.2. The van der Waals surface area contributed by atoms with Crippen molar-refractivity contribution >= 4 is 0 Å². The highest BCUT2D eigenvalue weighted by Crippen LogP contribution is 2.37. The summed E-state index contributed by atoms with van der Waals surface area (Å²) >= 11 is 0. The number of piperazine rings is 1. The molecule has 2 heterocycles. The summed E-state index contributed by atoms with van der Waals surface area (Å²) in [5.74, 6) is 2.36. The second kappa shape index (κ2) is 10.4. The fourth-order valence-electron chi connectivity index (χ4n) is 4.92. The Bertz CT molecular complexity index is 830. The molecule has 1 aliphatic heterocycles. The van der Waals surface area contributed by atoms with Crippen LogP contribution in [0.3, 0.4) is 0 Å². The Morgan fingerprint density at radius 1 is 1.03 bits per heavy atom. The summed E-state index contributed by atoms with van der Waals surface area (Å²) in [5.41, 5.74) is 1.05. The van der Waals surface area contributed by atoms with Crippen molar-refractivity contribution in [3.8, 4) is 11.5 Å². The first-order chi connectivity index (χ1) is 15.2. The molecule has 0 N–H and O–H groups in total. The number of hydrogen-bond acceptors (Lipinski definition) is 8. The molecule has 0 unspecified atom stereocenters. The van der Waals surface area contributed by atoms with E-state index >= 15 is 0 Å². The quantitative estimate of drug-likeness (QED) is 0.598. The second-order valence-electron chi connectivity index (χ2n) is 8.27. The van der Waals surface area contributed by atoms with E-state index in [2.05, 4.69) is 31.4 Å². The largest absolute Gasteiger partial charge is 0.497 e. The molecular formula is C22H34N6O3. The van der Waals surface area contributed by atoms with E-state index in [-0.39, 0.29) is 6.04 Å². The van der Waals surface area contributed by atoms with Crippen molar-refractivity contribution in [2.45, 2.75) is 44.3 Å². The lowest BCUT2D eigenvalue weighted by atomic mass is 10.0. The van der Waals surface area contributed by atoms with Crippen molar-refractivity contribution in [1.29, 1.82) is 0 Å². The number of benzene rings is 1. The zero-order valence-corrected chi connectivity index (χ0v) is 18.9. The Labute approximate surface area is 184 Å². The van der Waals surface area contributed by atoms with E-state index in [1.54, 1.807) is 21.3 Å². The molecule has 1 aliphatic carbocycles. The van der Waals surface area contributed by atoms with Crippen LogP contribution in [-0.4, -0.2) is 90.2 Å². The normalized spacial score (nSPS) is 19.6. The van der Waals surface area contributed by atoms with E-state index in [1.807, 2.05) is 16.8 Å². The van der Waals surface area contributed by atoms with Crippen molar-refractivity contribution in [3.05, 3.63) is 29.6 Å². The summed E-state index contributed by atoms with van der Waals surface area (Å²) in [7, 11) is 5.05. The Morgan fingerprint density at radius 3 is 2.48 bits per heavy atom. The molecule has 0 radical (unpaired) electrons. The molecule has 2 fully saturated rings. The van der Waals surface area contributed by atoms with Gasteiger partial charge < -0.3 is 14.2 Å². The van der Waals surface area contributed by atoms with Gasteiger partial charge in [-0.15, -0.1) is 5.10 Å². The summed E-state index contributed by atoms with van der Waals surface area (Å²) in [4.78, 5) is 5.14. The van der Waals surface area contributed by atoms with Gasteiger partial charge in [-0.25, -0.2) is 4.68 Å². The van der Waals surface area contributed by atoms with Crippen molar-refractivity contribution in [3.63, 3.8) is 0 Å². The van der Waals surface area contributed by atoms with Gasteiger partial charge in [0.15, 0.2) is 5.82 Å². The van der Waals surface area contributed by atoms with Crippen LogP contribution in [0.2, 0.25) is 0 Å². The molecule has 9 nitrogen and oxygen atoms in total. The van der Waals surface area contributed by atoms with Crippen molar-refractivity contribution in [1.82, 2.24) is 30.0 Å². The molecule has 0 bridgehead atoms. The van der Waals surface area contributed by atoms with Gasteiger partial charge >= 0.3 is 0 Å². The smallest absolute Gasteiger partial charge is 0.173 e. The van der Waals surface area contributed by atoms with Crippen LogP contribution in [0, 0.1) is 0 Å². The monoisotopic (exact) mass is 430 g/mol. The Hall–Kier alpha value is -2.23. The zero-order valence-electron chi connectivity index (χ0n) is 18.9. The number of hydrogen-bond donors (Lipinski definition) is 0. The minimum atomic E-state index is -0.0987. The highest BCUT2D eigenvalue weighted by molar-refractivity contribution is 5.44. The van der Waals surface area contributed by atoms with Gasteiger partial charge in [-0.3, -0.25) is 9.80 Å². The second-order valence-corrected chi connectivity index (χ2v) is 8.27. The summed E-state index contributed by atoms with van der Waals surface area (Å²) in [6.07, 6.45) is 5.41. The van der Waals surface area contributed by atoms with Crippen molar-refractivity contribution in [2.24, 2.45) is 0 Å². The fourth-order valence-corrected chi connectivity index (χ4v) is 4.92. The van der Waals surface area contributed by atoms with Gasteiger partial charge in [0.1, 0.15) is 17.5 Å². The highest BCUT2D eigenvalue weighted by atomic mass is 16.5. The summed E-state index contributed by atoms with van der Waals surface area (Å²) < 4.78 is 18.3. The molecule has 2 aliphatic rings. The van der Waals surface area contributed by atoms with Crippen LogP contribution in [0.4, 0.5) is 0 Å². The number of ether oxygens (including phenoxy) is 3. The van der Waals surface area contributed by atoms with Gasteiger partial charge in [-0.05, 0) is 35.4 Å². The molecule has 9 heteroatoms. The van der Waals surface area contributed by atoms with E-state index in [1.165, 1.54) is 25.7 Å². The van der Waals surface area contributed by atoms with E-state index in [4.69, 9.17) is 14.2 Å². The topological polar surface area (TPSA) is 77.8 Å². The number of methoxy groups -OCH3 is 3. The first kappa shape index (κ1) is 22.0. The molecule has 1 aromatic carbocycles. The fraction of sp³-hybridized carbons (Fsp3) is 0.682. The Morgan fingerprint density at radius 2 is 1.81 bits per heavy atom. The van der Waals surface area contributed by atoms with Gasteiger partial charge in [0.05, 0.1) is 27.4 Å². The Balaban J connectivity index is 1.63. The lowest BCUT2D eigenvalue weighted by Crippen LogP contribution is -2.51. The molecule has 1 saturated carbocycles. The maximum absolute atomic E-state index is 5.76. The SMILES string of the molecule is COCCn1nnnc1[C@H](c1ccc(OC)cc1OC)N1CCN(C2CCCC2)CC1. The van der Waals surface area contributed by atoms with Gasteiger partial charge in [-0.2, -0.15) is 0 Å². The maximum Gasteiger partial charge on any atom is 0.173 e. The van der Waals surface area contributed by atoms with Crippen molar-refractivity contribution < 1.29 is 14.2 Å². The molecule has 0 amide bonds. The number of nitrogens with zero attached hydrogens (tertiary/aromatic N) is 6. The molecule has 4 rings (SSSR count). The lowest BCUT2D eigenvalue weighted by Gasteiger charge is -2.41.